The highest BCUT2D eigenvalue weighted by molar-refractivity contribution is 5.03. The molecule has 0 saturated carbocycles. The maximum Gasteiger partial charge on any atom is -0.0172 e. The van der Waals surface area contributed by atoms with E-state index >= 15 is 0 Å². The van der Waals surface area contributed by atoms with Crippen molar-refractivity contribution in [3.8, 4) is 0 Å². The molecule has 68 valence electrons. The van der Waals surface area contributed by atoms with Crippen LogP contribution in [0.15, 0.2) is 36.5 Å². The summed E-state index contributed by atoms with van der Waals surface area (Å²) in [6, 6.07) is 0. The zero-order chi connectivity index (χ0) is 9.40. The van der Waals surface area contributed by atoms with E-state index in [-0.39, 0.29) is 0 Å². The van der Waals surface area contributed by atoms with Gasteiger partial charge in [0, 0.05) is 0 Å². The smallest absolute Gasteiger partial charge is 0.0172 e. The Morgan fingerprint density at radius 3 is 2.58 bits per heavy atom. The minimum Gasteiger partial charge on any atom is -0.103 e. The molecule has 0 nitrogen and oxygen atoms in total. The fourth-order valence-electron chi connectivity index (χ4n) is 0.963. The summed E-state index contributed by atoms with van der Waals surface area (Å²) in [4.78, 5) is 0. The van der Waals surface area contributed by atoms with Gasteiger partial charge in [-0.2, -0.15) is 0 Å². The van der Waals surface area contributed by atoms with Gasteiger partial charge in [0.15, 0.2) is 0 Å². The van der Waals surface area contributed by atoms with Gasteiger partial charge in [0.1, 0.15) is 0 Å². The lowest BCUT2D eigenvalue weighted by atomic mass is 9.99. The van der Waals surface area contributed by atoms with Gasteiger partial charge in [-0.3, -0.25) is 0 Å². The quantitative estimate of drug-likeness (QED) is 0.536. The number of rotatable bonds is 5. The van der Waals surface area contributed by atoms with E-state index in [1.807, 2.05) is 6.08 Å². The van der Waals surface area contributed by atoms with Gasteiger partial charge in [-0.25, -0.2) is 0 Å². The third-order valence-corrected chi connectivity index (χ3v) is 2.19. The van der Waals surface area contributed by atoms with Crippen molar-refractivity contribution in [2.75, 3.05) is 0 Å². The normalized spacial score (nSPS) is 15.1. The summed E-state index contributed by atoms with van der Waals surface area (Å²) in [5, 5.41) is 0. The third kappa shape index (κ3) is 4.95. The van der Waals surface area contributed by atoms with Gasteiger partial charge in [0.05, 0.1) is 0 Å². The summed E-state index contributed by atoms with van der Waals surface area (Å²) >= 11 is 0. The number of hydrogen-bond donors (Lipinski definition) is 0. The lowest BCUT2D eigenvalue weighted by Gasteiger charge is -2.07. The van der Waals surface area contributed by atoms with Crippen molar-refractivity contribution < 1.29 is 0 Å². The lowest BCUT2D eigenvalue weighted by molar-refractivity contribution is 0.692. The average molecular weight is 164 g/mol. The molecule has 0 radical (unpaired) electrons. The van der Waals surface area contributed by atoms with Crippen LogP contribution in [0.3, 0.4) is 0 Å². The molecule has 0 aromatic rings. The van der Waals surface area contributed by atoms with Crippen molar-refractivity contribution in [3.63, 3.8) is 0 Å². The van der Waals surface area contributed by atoms with Crippen LogP contribution in [0.1, 0.15) is 33.6 Å². The highest BCUT2D eigenvalue weighted by atomic mass is 14.0. The molecule has 0 spiro atoms. The molecule has 0 aliphatic rings. The molecule has 0 amide bonds. The molecular weight excluding hydrogens is 144 g/mol. The molecule has 0 heteroatoms. The fraction of sp³-hybridized carbons (Fsp3) is 0.500. The van der Waals surface area contributed by atoms with Crippen molar-refractivity contribution in [1.29, 1.82) is 0 Å². The highest BCUT2D eigenvalue weighted by Gasteiger charge is 1.98. The lowest BCUT2D eigenvalue weighted by Crippen LogP contribution is -1.93. The second kappa shape index (κ2) is 6.90. The Bertz CT molecular complexity index is 172. The summed E-state index contributed by atoms with van der Waals surface area (Å²) in [6.45, 7) is 10.2. The molecule has 0 aromatic heterocycles. The molecular formula is C12H20. The van der Waals surface area contributed by atoms with E-state index in [4.69, 9.17) is 0 Å². The summed E-state index contributed by atoms with van der Waals surface area (Å²) in [7, 11) is 0. The Morgan fingerprint density at radius 1 is 1.42 bits per heavy atom. The summed E-state index contributed by atoms with van der Waals surface area (Å²) in [6.07, 6.45) is 10.6. The summed E-state index contributed by atoms with van der Waals surface area (Å²) in [5.41, 5.74) is 1.47. The predicted molar refractivity (Wildman–Crippen MR) is 57.2 cm³/mol. The molecule has 0 bridgehead atoms. The first-order valence-electron chi connectivity index (χ1n) is 4.61. The first-order valence-corrected chi connectivity index (χ1v) is 4.61. The molecule has 1 unspecified atom stereocenters. The third-order valence-electron chi connectivity index (χ3n) is 2.19. The molecule has 0 heterocycles. The van der Waals surface area contributed by atoms with E-state index in [0.29, 0.717) is 5.92 Å². The molecule has 0 fully saturated rings. The van der Waals surface area contributed by atoms with E-state index in [9.17, 15) is 0 Å². The van der Waals surface area contributed by atoms with Crippen LogP contribution in [0.2, 0.25) is 0 Å². The first kappa shape index (κ1) is 11.2. The van der Waals surface area contributed by atoms with Gasteiger partial charge >= 0.3 is 0 Å². The van der Waals surface area contributed by atoms with Gasteiger partial charge in [0.25, 0.3) is 0 Å². The van der Waals surface area contributed by atoms with E-state index in [0.717, 1.165) is 12.8 Å². The standard InChI is InChI=1S/C12H20/c1-5-7-8-9-10-12(4)11(3)6-2/h5-6,8-9,12H,1,7,10H2,2-4H3. The number of allylic oxidation sites excluding steroid dienone is 5. The second-order valence-corrected chi connectivity index (χ2v) is 3.17. The Labute approximate surface area is 76.7 Å². The van der Waals surface area contributed by atoms with Crippen LogP contribution in [0.5, 0.6) is 0 Å². The van der Waals surface area contributed by atoms with Gasteiger partial charge in [0.2, 0.25) is 0 Å². The minimum atomic E-state index is 0.677. The molecule has 0 rings (SSSR count). The van der Waals surface area contributed by atoms with Gasteiger partial charge in [-0.15, -0.1) is 6.58 Å². The first-order chi connectivity index (χ1) is 5.72. The topological polar surface area (TPSA) is 0 Å². The Morgan fingerprint density at radius 2 is 2.08 bits per heavy atom. The van der Waals surface area contributed by atoms with E-state index < -0.39 is 0 Å². The fourth-order valence-corrected chi connectivity index (χ4v) is 0.963. The van der Waals surface area contributed by atoms with Crippen molar-refractivity contribution in [2.24, 2.45) is 5.92 Å². The predicted octanol–water partition coefficient (Wildman–Crippen LogP) is 4.11. The van der Waals surface area contributed by atoms with Crippen LogP contribution in [0, 0.1) is 5.92 Å². The van der Waals surface area contributed by atoms with Crippen LogP contribution in [-0.2, 0) is 0 Å². The summed E-state index contributed by atoms with van der Waals surface area (Å²) < 4.78 is 0. The Kier molecular flexibility index (Phi) is 6.45. The summed E-state index contributed by atoms with van der Waals surface area (Å²) in [5.74, 6) is 0.677. The molecule has 0 N–H and O–H groups in total. The van der Waals surface area contributed by atoms with Crippen LogP contribution >= 0.6 is 0 Å². The Hall–Kier alpha value is -0.780. The zero-order valence-corrected chi connectivity index (χ0v) is 8.51. The highest BCUT2D eigenvalue weighted by Crippen LogP contribution is 2.13. The van der Waals surface area contributed by atoms with Crippen LogP contribution in [-0.4, -0.2) is 0 Å². The van der Waals surface area contributed by atoms with Crippen molar-refractivity contribution >= 4 is 0 Å². The van der Waals surface area contributed by atoms with E-state index in [1.165, 1.54) is 5.57 Å². The maximum absolute atomic E-state index is 3.67. The molecule has 0 aliphatic heterocycles. The van der Waals surface area contributed by atoms with Crippen molar-refractivity contribution in [1.82, 2.24) is 0 Å². The molecule has 0 aliphatic carbocycles. The Balaban J connectivity index is 3.70. The van der Waals surface area contributed by atoms with Crippen molar-refractivity contribution in [3.05, 3.63) is 36.5 Å². The van der Waals surface area contributed by atoms with Gasteiger partial charge in [-0.05, 0) is 32.6 Å². The van der Waals surface area contributed by atoms with E-state index in [2.05, 4.69) is 45.6 Å². The van der Waals surface area contributed by atoms with Crippen LogP contribution in [0.4, 0.5) is 0 Å². The SMILES string of the molecule is C=CCC=CCC(C)C(C)=CC. The number of hydrogen-bond acceptors (Lipinski definition) is 0. The maximum atomic E-state index is 3.67. The molecule has 1 atom stereocenters. The minimum absolute atomic E-state index is 0.677. The average Bonchev–Trinajstić information content (AvgIpc) is 2.10. The zero-order valence-electron chi connectivity index (χ0n) is 8.51. The van der Waals surface area contributed by atoms with Gasteiger partial charge < -0.3 is 0 Å². The molecule has 0 aromatic carbocycles. The van der Waals surface area contributed by atoms with E-state index in [1.54, 1.807) is 0 Å². The molecule has 0 saturated heterocycles. The molecule has 12 heavy (non-hydrogen) atoms. The van der Waals surface area contributed by atoms with Crippen LogP contribution in [0.25, 0.3) is 0 Å². The monoisotopic (exact) mass is 164 g/mol. The van der Waals surface area contributed by atoms with Gasteiger partial charge in [-0.1, -0.05) is 36.8 Å². The van der Waals surface area contributed by atoms with Crippen molar-refractivity contribution in [2.45, 2.75) is 33.6 Å². The largest absolute Gasteiger partial charge is 0.103 e. The second-order valence-electron chi connectivity index (χ2n) is 3.17. The van der Waals surface area contributed by atoms with Crippen LogP contribution < -0.4 is 0 Å².